The summed E-state index contributed by atoms with van der Waals surface area (Å²) < 4.78 is 1.81. The third kappa shape index (κ3) is 2.42. The van der Waals surface area contributed by atoms with Gasteiger partial charge in [-0.1, -0.05) is 6.92 Å². The molecule has 0 aromatic carbocycles. The first-order valence-electron chi connectivity index (χ1n) is 3.88. The molecular weight excluding hydrogens is 171 g/mol. The maximum atomic E-state index is 10.9. The second-order valence-electron chi connectivity index (χ2n) is 3.03. The van der Waals surface area contributed by atoms with Crippen molar-refractivity contribution in [3.05, 3.63) is 18.2 Å². The minimum atomic E-state index is 0.0740. The van der Waals surface area contributed by atoms with Gasteiger partial charge in [-0.3, -0.25) is 4.79 Å². The Hall–Kier alpha value is -0.690. The SMILES string of the molecule is CC(=O)C(C)Cc1cn(P)cn1. The van der Waals surface area contributed by atoms with Crippen molar-refractivity contribution in [2.24, 2.45) is 5.92 Å². The number of ketones is 1. The number of imidazole rings is 1. The molecule has 4 heteroatoms. The van der Waals surface area contributed by atoms with Crippen LogP contribution in [0.15, 0.2) is 12.5 Å². The molecule has 0 bridgehead atoms. The van der Waals surface area contributed by atoms with Crippen LogP contribution in [0.2, 0.25) is 0 Å². The fraction of sp³-hybridized carbons (Fsp3) is 0.500. The Bertz CT molecular complexity index is 282. The monoisotopic (exact) mass is 184 g/mol. The van der Waals surface area contributed by atoms with Gasteiger partial charge in [-0.25, -0.2) is 4.98 Å². The van der Waals surface area contributed by atoms with Gasteiger partial charge in [0.05, 0.1) is 12.0 Å². The van der Waals surface area contributed by atoms with Crippen molar-refractivity contribution in [3.63, 3.8) is 0 Å². The first-order valence-corrected chi connectivity index (χ1v) is 4.39. The highest BCUT2D eigenvalue weighted by Gasteiger charge is 2.09. The van der Waals surface area contributed by atoms with E-state index in [9.17, 15) is 4.79 Å². The Morgan fingerprint density at radius 1 is 1.83 bits per heavy atom. The predicted octanol–water partition coefficient (Wildman–Crippen LogP) is 1.29. The molecule has 0 aliphatic rings. The molecule has 1 aromatic rings. The average molecular weight is 184 g/mol. The van der Waals surface area contributed by atoms with Crippen LogP contribution >= 0.6 is 9.39 Å². The topological polar surface area (TPSA) is 34.9 Å². The van der Waals surface area contributed by atoms with Crippen molar-refractivity contribution in [1.82, 2.24) is 9.32 Å². The van der Waals surface area contributed by atoms with Gasteiger partial charge in [0.25, 0.3) is 0 Å². The molecule has 0 amide bonds. The quantitative estimate of drug-likeness (QED) is 0.663. The number of hydrogen-bond donors (Lipinski definition) is 0. The number of carbonyl (C=O) groups excluding carboxylic acids is 1. The van der Waals surface area contributed by atoms with E-state index in [1.54, 1.807) is 13.3 Å². The van der Waals surface area contributed by atoms with E-state index in [1.807, 2.05) is 17.5 Å². The minimum Gasteiger partial charge on any atom is -0.322 e. The third-order valence-electron chi connectivity index (χ3n) is 1.86. The summed E-state index contributed by atoms with van der Waals surface area (Å²) in [5, 5.41) is 0. The molecule has 2 atom stereocenters. The summed E-state index contributed by atoms with van der Waals surface area (Å²) in [5.41, 5.74) is 0.965. The van der Waals surface area contributed by atoms with Gasteiger partial charge in [0.15, 0.2) is 0 Å². The Morgan fingerprint density at radius 3 is 2.92 bits per heavy atom. The molecule has 0 N–H and O–H groups in total. The summed E-state index contributed by atoms with van der Waals surface area (Å²) >= 11 is 0. The highest BCUT2D eigenvalue weighted by molar-refractivity contribution is 7.14. The lowest BCUT2D eigenvalue weighted by Crippen LogP contribution is -2.09. The normalized spacial score (nSPS) is 12.9. The van der Waals surface area contributed by atoms with Gasteiger partial charge in [0.1, 0.15) is 5.78 Å². The third-order valence-corrected chi connectivity index (χ3v) is 2.15. The van der Waals surface area contributed by atoms with E-state index >= 15 is 0 Å². The van der Waals surface area contributed by atoms with Crippen LogP contribution in [0.5, 0.6) is 0 Å². The molecule has 12 heavy (non-hydrogen) atoms. The van der Waals surface area contributed by atoms with E-state index in [-0.39, 0.29) is 11.7 Å². The van der Waals surface area contributed by atoms with Gasteiger partial charge in [-0.05, 0) is 16.3 Å². The highest BCUT2D eigenvalue weighted by Crippen LogP contribution is 2.08. The summed E-state index contributed by atoms with van der Waals surface area (Å²) in [6.45, 7) is 3.53. The molecule has 0 saturated heterocycles. The Labute approximate surface area is 74.4 Å². The van der Waals surface area contributed by atoms with Crippen LogP contribution < -0.4 is 0 Å². The maximum Gasteiger partial charge on any atom is 0.133 e. The number of hydrogen-bond acceptors (Lipinski definition) is 2. The molecule has 1 heterocycles. The summed E-state index contributed by atoms with van der Waals surface area (Å²) in [6.07, 6.45) is 4.35. The van der Waals surface area contributed by atoms with Crippen molar-refractivity contribution >= 4 is 15.2 Å². The number of nitrogens with zero attached hydrogens (tertiary/aromatic N) is 2. The van der Waals surface area contributed by atoms with Crippen LogP contribution in [0.3, 0.4) is 0 Å². The standard InChI is InChI=1S/C8H13N2OP/c1-6(7(2)11)3-8-4-10(12)5-9-8/h4-6H,3,12H2,1-2H3. The zero-order valence-corrected chi connectivity index (χ0v) is 8.47. The molecule has 0 radical (unpaired) electrons. The van der Waals surface area contributed by atoms with Crippen molar-refractivity contribution < 1.29 is 4.79 Å². The summed E-state index contributed by atoms with van der Waals surface area (Å²) in [7, 11) is 2.50. The molecular formula is C8H13N2OP. The first-order chi connectivity index (χ1) is 5.59. The predicted molar refractivity (Wildman–Crippen MR) is 50.9 cm³/mol. The van der Waals surface area contributed by atoms with Crippen LogP contribution in [0, 0.1) is 5.92 Å². The molecule has 0 spiro atoms. The Kier molecular flexibility index (Phi) is 2.99. The van der Waals surface area contributed by atoms with Gasteiger partial charge >= 0.3 is 0 Å². The van der Waals surface area contributed by atoms with Crippen LogP contribution in [0.1, 0.15) is 19.5 Å². The fourth-order valence-electron chi connectivity index (χ4n) is 0.942. The largest absolute Gasteiger partial charge is 0.322 e. The van der Waals surface area contributed by atoms with Gasteiger partial charge < -0.3 is 4.34 Å². The van der Waals surface area contributed by atoms with E-state index in [0.29, 0.717) is 0 Å². The van der Waals surface area contributed by atoms with Crippen LogP contribution in [0.25, 0.3) is 0 Å². The van der Waals surface area contributed by atoms with E-state index in [2.05, 4.69) is 14.4 Å². The van der Waals surface area contributed by atoms with E-state index in [0.717, 1.165) is 12.1 Å². The van der Waals surface area contributed by atoms with Crippen LogP contribution in [-0.2, 0) is 11.2 Å². The molecule has 1 rings (SSSR count). The molecule has 0 fully saturated rings. The van der Waals surface area contributed by atoms with Crippen molar-refractivity contribution in [2.45, 2.75) is 20.3 Å². The molecule has 2 unspecified atom stereocenters. The van der Waals surface area contributed by atoms with Crippen molar-refractivity contribution in [1.29, 1.82) is 0 Å². The smallest absolute Gasteiger partial charge is 0.133 e. The number of carbonyl (C=O) groups is 1. The van der Waals surface area contributed by atoms with Crippen LogP contribution in [-0.4, -0.2) is 15.1 Å². The van der Waals surface area contributed by atoms with E-state index in [4.69, 9.17) is 0 Å². The number of Topliss-reactive ketones (excluding diaryl/α,β-unsaturated/α-hetero) is 1. The second kappa shape index (κ2) is 3.81. The summed E-state index contributed by atoms with van der Waals surface area (Å²) in [6, 6.07) is 0. The molecule has 0 aliphatic carbocycles. The molecule has 0 aliphatic heterocycles. The minimum absolute atomic E-state index is 0.0740. The lowest BCUT2D eigenvalue weighted by atomic mass is 10.0. The summed E-state index contributed by atoms with van der Waals surface area (Å²) in [5.74, 6) is 0.290. The summed E-state index contributed by atoms with van der Waals surface area (Å²) in [4.78, 5) is 15.0. The van der Waals surface area contributed by atoms with E-state index < -0.39 is 0 Å². The lowest BCUT2D eigenvalue weighted by molar-refractivity contribution is -0.120. The van der Waals surface area contributed by atoms with Gasteiger partial charge in [-0.2, -0.15) is 0 Å². The van der Waals surface area contributed by atoms with Crippen LogP contribution in [0.4, 0.5) is 0 Å². The highest BCUT2D eigenvalue weighted by atomic mass is 31.0. The lowest BCUT2D eigenvalue weighted by Gasteiger charge is -2.02. The number of aromatic nitrogens is 2. The number of rotatable bonds is 3. The maximum absolute atomic E-state index is 10.9. The van der Waals surface area contributed by atoms with Crippen molar-refractivity contribution in [2.75, 3.05) is 0 Å². The fourth-order valence-corrected chi connectivity index (χ4v) is 1.18. The average Bonchev–Trinajstić information content (AvgIpc) is 2.35. The van der Waals surface area contributed by atoms with Gasteiger partial charge in [-0.15, -0.1) is 0 Å². The zero-order chi connectivity index (χ0) is 9.14. The van der Waals surface area contributed by atoms with Gasteiger partial charge in [0, 0.05) is 18.5 Å². The first kappa shape index (κ1) is 9.40. The van der Waals surface area contributed by atoms with Crippen molar-refractivity contribution in [3.8, 4) is 0 Å². The second-order valence-corrected chi connectivity index (χ2v) is 3.62. The van der Waals surface area contributed by atoms with Gasteiger partial charge in [0.2, 0.25) is 0 Å². The van der Waals surface area contributed by atoms with E-state index in [1.165, 1.54) is 0 Å². The molecule has 66 valence electrons. The Balaban J connectivity index is 2.58. The molecule has 3 nitrogen and oxygen atoms in total. The zero-order valence-electron chi connectivity index (χ0n) is 7.32. The molecule has 1 aromatic heterocycles. The Morgan fingerprint density at radius 2 is 2.50 bits per heavy atom. The molecule has 0 saturated carbocycles.